The topological polar surface area (TPSA) is 96.0 Å². The summed E-state index contributed by atoms with van der Waals surface area (Å²) in [6.07, 6.45) is 0. The number of carbonyl (C=O) groups excluding carboxylic acids is 2. The molecule has 0 aliphatic rings. The predicted molar refractivity (Wildman–Crippen MR) is 153 cm³/mol. The molecule has 208 valence electrons. The lowest BCUT2D eigenvalue weighted by Crippen LogP contribution is -2.51. The van der Waals surface area contributed by atoms with Gasteiger partial charge in [0, 0.05) is 13.1 Å². The molecule has 0 aromatic heterocycles. The van der Waals surface area contributed by atoms with E-state index in [0.29, 0.717) is 24.6 Å². The van der Waals surface area contributed by atoms with Crippen LogP contribution < -0.4 is 14.4 Å². The zero-order valence-electron chi connectivity index (χ0n) is 23.2. The Hall–Kier alpha value is -3.85. The molecule has 39 heavy (non-hydrogen) atoms. The minimum atomic E-state index is -4.12. The Balaban J connectivity index is 2.04. The van der Waals surface area contributed by atoms with Gasteiger partial charge in [-0.25, -0.2) is 8.42 Å². The molecule has 8 nitrogen and oxygen atoms in total. The maximum absolute atomic E-state index is 13.9. The number of sulfonamides is 1. The van der Waals surface area contributed by atoms with Gasteiger partial charge in [0.1, 0.15) is 18.3 Å². The molecule has 3 aromatic rings. The van der Waals surface area contributed by atoms with Gasteiger partial charge in [0.2, 0.25) is 11.8 Å². The highest BCUT2D eigenvalue weighted by molar-refractivity contribution is 7.92. The molecule has 0 unspecified atom stereocenters. The monoisotopic (exact) mass is 551 g/mol. The number of benzene rings is 3. The second-order valence-corrected chi connectivity index (χ2v) is 11.1. The number of hydrogen-bond acceptors (Lipinski definition) is 5. The maximum atomic E-state index is 13.9. The van der Waals surface area contributed by atoms with Crippen LogP contribution in [0.3, 0.4) is 0 Å². The van der Waals surface area contributed by atoms with E-state index in [1.807, 2.05) is 45.0 Å². The van der Waals surface area contributed by atoms with E-state index in [1.165, 1.54) is 17.0 Å². The Morgan fingerprint density at radius 2 is 1.56 bits per heavy atom. The van der Waals surface area contributed by atoms with Gasteiger partial charge >= 0.3 is 0 Å². The van der Waals surface area contributed by atoms with Crippen molar-refractivity contribution in [3.05, 3.63) is 89.5 Å². The molecule has 1 N–H and O–H groups in total. The van der Waals surface area contributed by atoms with E-state index >= 15 is 0 Å². The van der Waals surface area contributed by atoms with E-state index < -0.39 is 28.5 Å². The van der Waals surface area contributed by atoms with E-state index in [2.05, 4.69) is 5.32 Å². The van der Waals surface area contributed by atoms with Crippen LogP contribution in [-0.4, -0.2) is 50.9 Å². The third-order valence-electron chi connectivity index (χ3n) is 6.44. The van der Waals surface area contributed by atoms with Gasteiger partial charge in [-0.2, -0.15) is 0 Å². The van der Waals surface area contributed by atoms with Crippen molar-refractivity contribution in [2.45, 2.75) is 52.1 Å². The van der Waals surface area contributed by atoms with Crippen LogP contribution in [-0.2, 0) is 26.2 Å². The van der Waals surface area contributed by atoms with Crippen molar-refractivity contribution in [3.8, 4) is 5.75 Å². The summed E-state index contributed by atoms with van der Waals surface area (Å²) in [6, 6.07) is 19.8. The molecule has 0 saturated carbocycles. The second kappa shape index (κ2) is 13.3. The molecule has 1 atom stereocenters. The van der Waals surface area contributed by atoms with Crippen molar-refractivity contribution >= 4 is 27.5 Å². The Labute approximate surface area is 231 Å². The van der Waals surface area contributed by atoms with Crippen molar-refractivity contribution in [3.63, 3.8) is 0 Å². The highest BCUT2D eigenvalue weighted by atomic mass is 32.2. The Bertz CT molecular complexity index is 1370. The summed E-state index contributed by atoms with van der Waals surface area (Å²) in [6.45, 7) is 9.67. The number of nitrogens with zero attached hydrogens (tertiary/aromatic N) is 2. The van der Waals surface area contributed by atoms with E-state index in [4.69, 9.17) is 4.74 Å². The van der Waals surface area contributed by atoms with E-state index in [1.54, 1.807) is 50.2 Å². The van der Waals surface area contributed by atoms with Crippen LogP contribution in [0.1, 0.15) is 37.5 Å². The van der Waals surface area contributed by atoms with Crippen molar-refractivity contribution < 1.29 is 22.7 Å². The largest absolute Gasteiger partial charge is 0.494 e. The first kappa shape index (κ1) is 29.7. The molecule has 0 heterocycles. The van der Waals surface area contributed by atoms with Gasteiger partial charge in [0.25, 0.3) is 10.0 Å². The second-order valence-electron chi connectivity index (χ2n) is 9.27. The van der Waals surface area contributed by atoms with Crippen LogP contribution in [0, 0.1) is 13.8 Å². The fourth-order valence-corrected chi connectivity index (χ4v) is 5.53. The zero-order valence-corrected chi connectivity index (χ0v) is 24.0. The lowest BCUT2D eigenvalue weighted by Gasteiger charge is -2.32. The highest BCUT2D eigenvalue weighted by Gasteiger charge is 2.32. The minimum Gasteiger partial charge on any atom is -0.494 e. The molecular weight excluding hydrogens is 514 g/mol. The number of aryl methyl sites for hydroxylation is 2. The Morgan fingerprint density at radius 1 is 0.923 bits per heavy atom. The lowest BCUT2D eigenvalue weighted by atomic mass is 10.1. The molecule has 0 aliphatic carbocycles. The fourth-order valence-electron chi connectivity index (χ4n) is 4.12. The third kappa shape index (κ3) is 7.38. The summed E-state index contributed by atoms with van der Waals surface area (Å²) in [5, 5.41) is 2.77. The summed E-state index contributed by atoms with van der Waals surface area (Å²) >= 11 is 0. The van der Waals surface area contributed by atoms with Crippen LogP contribution >= 0.6 is 0 Å². The van der Waals surface area contributed by atoms with Gasteiger partial charge in [-0.3, -0.25) is 13.9 Å². The molecule has 0 bridgehead atoms. The molecule has 0 fully saturated rings. The van der Waals surface area contributed by atoms with Crippen molar-refractivity contribution in [1.82, 2.24) is 10.2 Å². The summed E-state index contributed by atoms with van der Waals surface area (Å²) < 4.78 is 34.4. The molecule has 3 aromatic carbocycles. The summed E-state index contributed by atoms with van der Waals surface area (Å²) in [5.74, 6) is -0.221. The number of carbonyl (C=O) groups is 2. The summed E-state index contributed by atoms with van der Waals surface area (Å²) in [5.41, 5.74) is 3.07. The molecule has 0 spiro atoms. The molecule has 0 radical (unpaired) electrons. The fraction of sp³-hybridized carbons (Fsp3) is 0.333. The zero-order chi connectivity index (χ0) is 28.6. The van der Waals surface area contributed by atoms with Gasteiger partial charge in [0.15, 0.2) is 0 Å². The first-order valence-electron chi connectivity index (χ1n) is 13.0. The first-order chi connectivity index (χ1) is 18.6. The van der Waals surface area contributed by atoms with Gasteiger partial charge in [-0.1, -0.05) is 42.0 Å². The number of ether oxygens (including phenoxy) is 1. The molecular formula is C30H37N3O5S. The lowest BCUT2D eigenvalue weighted by molar-refractivity contribution is -0.139. The molecule has 0 aliphatic heterocycles. The van der Waals surface area contributed by atoms with Crippen LogP contribution in [0.4, 0.5) is 5.69 Å². The molecule has 2 amide bonds. The summed E-state index contributed by atoms with van der Waals surface area (Å²) in [7, 11) is -4.12. The summed E-state index contributed by atoms with van der Waals surface area (Å²) in [4.78, 5) is 28.2. The van der Waals surface area contributed by atoms with Crippen molar-refractivity contribution in [2.75, 3.05) is 24.0 Å². The smallest absolute Gasteiger partial charge is 0.264 e. The van der Waals surface area contributed by atoms with Crippen LogP contribution in [0.15, 0.2) is 77.7 Å². The van der Waals surface area contributed by atoms with Crippen molar-refractivity contribution in [2.24, 2.45) is 0 Å². The number of nitrogens with one attached hydrogen (secondary N) is 1. The molecule has 0 saturated heterocycles. The van der Waals surface area contributed by atoms with Crippen LogP contribution in [0.2, 0.25) is 0 Å². The number of amides is 2. The Kier molecular flexibility index (Phi) is 10.1. The van der Waals surface area contributed by atoms with Gasteiger partial charge < -0.3 is 15.0 Å². The maximum Gasteiger partial charge on any atom is 0.264 e. The van der Waals surface area contributed by atoms with Crippen LogP contribution in [0.5, 0.6) is 5.75 Å². The normalized spacial score (nSPS) is 11.9. The van der Waals surface area contributed by atoms with E-state index in [0.717, 1.165) is 21.0 Å². The third-order valence-corrected chi connectivity index (χ3v) is 8.23. The number of likely N-dealkylation sites (N-methyl/N-ethyl adjacent to an activating group) is 1. The quantitative estimate of drug-likeness (QED) is 0.359. The minimum absolute atomic E-state index is 0.0667. The number of hydrogen-bond donors (Lipinski definition) is 1. The predicted octanol–water partition coefficient (Wildman–Crippen LogP) is 4.45. The standard InChI is InChI=1S/C30H37N3O5S/c1-6-31-30(35)24(5)32(20-25-11-9-8-10-23(25)4)29(34)21-33(26-14-16-27(17-15-26)38-7-2)39(36,37)28-18-12-22(3)13-19-28/h8-19,24H,6-7,20-21H2,1-5H3,(H,31,35)/t24-/m1/s1. The highest BCUT2D eigenvalue weighted by Crippen LogP contribution is 2.27. The SMILES string of the molecule is CCNC(=O)[C@@H](C)N(Cc1ccccc1C)C(=O)CN(c1ccc(OCC)cc1)S(=O)(=O)c1ccc(C)cc1. The van der Waals surface area contributed by atoms with Crippen LogP contribution in [0.25, 0.3) is 0 Å². The van der Waals surface area contributed by atoms with Crippen molar-refractivity contribution in [1.29, 1.82) is 0 Å². The average Bonchev–Trinajstić information content (AvgIpc) is 2.92. The molecule has 9 heteroatoms. The number of rotatable bonds is 12. The average molecular weight is 552 g/mol. The Morgan fingerprint density at radius 3 is 2.15 bits per heavy atom. The van der Waals surface area contributed by atoms with Gasteiger partial charge in [-0.15, -0.1) is 0 Å². The van der Waals surface area contributed by atoms with E-state index in [-0.39, 0.29) is 17.3 Å². The number of anilines is 1. The van der Waals surface area contributed by atoms with E-state index in [9.17, 15) is 18.0 Å². The first-order valence-corrected chi connectivity index (χ1v) is 14.5. The van der Waals surface area contributed by atoms with Gasteiger partial charge in [0.05, 0.1) is 17.2 Å². The van der Waals surface area contributed by atoms with Gasteiger partial charge in [-0.05, 0) is 82.1 Å². The molecule has 3 rings (SSSR count).